The molecule has 0 fully saturated rings. The summed E-state index contributed by atoms with van der Waals surface area (Å²) in [5, 5.41) is 0. The third-order valence-electron chi connectivity index (χ3n) is 1.87. The summed E-state index contributed by atoms with van der Waals surface area (Å²) in [7, 11) is 0. The summed E-state index contributed by atoms with van der Waals surface area (Å²) in [5.74, 6) is 0.515. The first-order valence-electron chi connectivity index (χ1n) is 4.62. The van der Waals surface area contributed by atoms with Gasteiger partial charge in [0.1, 0.15) is 18.2 Å². The molecule has 0 amide bonds. The van der Waals surface area contributed by atoms with E-state index in [0.717, 1.165) is 0 Å². The number of halogens is 1. The zero-order valence-corrected chi connectivity index (χ0v) is 8.80. The van der Waals surface area contributed by atoms with Crippen molar-refractivity contribution < 1.29 is 9.13 Å². The molecule has 0 saturated carbocycles. The Balaban J connectivity index is 2.60. The topological polar surface area (TPSA) is 9.23 Å². The molecule has 0 radical (unpaired) electrons. The average molecular weight is 194 g/mol. The zero-order chi connectivity index (χ0) is 10.6. The molecule has 1 nitrogen and oxygen atoms in total. The largest absolute Gasteiger partial charge is 0.490 e. The number of allylic oxidation sites excluding steroid dienone is 1. The molecule has 0 N–H and O–H groups in total. The molecule has 0 aliphatic carbocycles. The molecule has 0 bridgehead atoms. The number of aryl methyl sites for hydroxylation is 1. The van der Waals surface area contributed by atoms with Crippen molar-refractivity contribution >= 4 is 0 Å². The SMILES string of the molecule is CC(C)=CCOc1ccc(F)c(C)c1. The predicted molar refractivity (Wildman–Crippen MR) is 56.1 cm³/mol. The van der Waals surface area contributed by atoms with E-state index in [1.807, 2.05) is 19.9 Å². The number of ether oxygens (including phenoxy) is 1. The number of hydrogen-bond donors (Lipinski definition) is 0. The fraction of sp³-hybridized carbons (Fsp3) is 0.333. The summed E-state index contributed by atoms with van der Waals surface area (Å²) < 4.78 is 18.3. The first kappa shape index (κ1) is 10.8. The second-order valence-corrected chi connectivity index (χ2v) is 3.50. The first-order chi connectivity index (χ1) is 6.59. The van der Waals surface area contributed by atoms with Crippen LogP contribution in [0.4, 0.5) is 4.39 Å². The Morgan fingerprint density at radius 1 is 1.43 bits per heavy atom. The molecule has 0 atom stereocenters. The van der Waals surface area contributed by atoms with Crippen LogP contribution >= 0.6 is 0 Å². The first-order valence-corrected chi connectivity index (χ1v) is 4.62. The second-order valence-electron chi connectivity index (χ2n) is 3.50. The van der Waals surface area contributed by atoms with Gasteiger partial charge < -0.3 is 4.74 Å². The maximum atomic E-state index is 12.9. The second kappa shape index (κ2) is 4.80. The summed E-state index contributed by atoms with van der Waals surface area (Å²) in [6.07, 6.45) is 1.98. The van der Waals surface area contributed by atoms with Crippen molar-refractivity contribution in [1.29, 1.82) is 0 Å². The highest BCUT2D eigenvalue weighted by atomic mass is 19.1. The Bertz CT molecular complexity index is 338. The molecular formula is C12H15FO. The van der Waals surface area contributed by atoms with E-state index >= 15 is 0 Å². The molecule has 1 rings (SSSR count). The van der Waals surface area contributed by atoms with Crippen LogP contribution in [-0.4, -0.2) is 6.61 Å². The lowest BCUT2D eigenvalue weighted by Crippen LogP contribution is -1.95. The quantitative estimate of drug-likeness (QED) is 0.669. The fourth-order valence-corrected chi connectivity index (χ4v) is 1.01. The van der Waals surface area contributed by atoms with Crippen molar-refractivity contribution in [3.05, 3.63) is 41.2 Å². The van der Waals surface area contributed by atoms with Crippen LogP contribution in [0.1, 0.15) is 19.4 Å². The van der Waals surface area contributed by atoms with E-state index in [9.17, 15) is 4.39 Å². The molecule has 14 heavy (non-hydrogen) atoms. The van der Waals surface area contributed by atoms with Gasteiger partial charge in [-0.25, -0.2) is 4.39 Å². The summed E-state index contributed by atoms with van der Waals surface area (Å²) in [4.78, 5) is 0. The molecule has 0 aliphatic rings. The van der Waals surface area contributed by atoms with Gasteiger partial charge in [0.05, 0.1) is 0 Å². The van der Waals surface area contributed by atoms with Gasteiger partial charge in [-0.2, -0.15) is 0 Å². The van der Waals surface area contributed by atoms with E-state index < -0.39 is 0 Å². The van der Waals surface area contributed by atoms with E-state index in [4.69, 9.17) is 4.74 Å². The van der Waals surface area contributed by atoms with Gasteiger partial charge in [-0.1, -0.05) is 5.57 Å². The van der Waals surface area contributed by atoms with Gasteiger partial charge in [0.15, 0.2) is 0 Å². The highest BCUT2D eigenvalue weighted by Crippen LogP contribution is 2.15. The van der Waals surface area contributed by atoms with Crippen molar-refractivity contribution in [3.63, 3.8) is 0 Å². The molecule has 0 spiro atoms. The van der Waals surface area contributed by atoms with E-state index in [1.165, 1.54) is 11.6 Å². The predicted octanol–water partition coefficient (Wildman–Crippen LogP) is 3.48. The van der Waals surface area contributed by atoms with Crippen LogP contribution in [0.3, 0.4) is 0 Å². The lowest BCUT2D eigenvalue weighted by atomic mass is 10.2. The minimum Gasteiger partial charge on any atom is -0.490 e. The van der Waals surface area contributed by atoms with Gasteiger partial charge in [0, 0.05) is 0 Å². The van der Waals surface area contributed by atoms with Gasteiger partial charge in [0.2, 0.25) is 0 Å². The van der Waals surface area contributed by atoms with Crippen molar-refractivity contribution in [3.8, 4) is 5.75 Å². The summed E-state index contributed by atoms with van der Waals surface area (Å²) in [5.41, 5.74) is 1.82. The van der Waals surface area contributed by atoms with Gasteiger partial charge >= 0.3 is 0 Å². The van der Waals surface area contributed by atoms with Crippen LogP contribution in [0.15, 0.2) is 29.8 Å². The Hall–Kier alpha value is -1.31. The Morgan fingerprint density at radius 2 is 2.14 bits per heavy atom. The van der Waals surface area contributed by atoms with E-state index in [0.29, 0.717) is 17.9 Å². The van der Waals surface area contributed by atoms with Gasteiger partial charge in [0.25, 0.3) is 0 Å². The number of hydrogen-bond acceptors (Lipinski definition) is 1. The monoisotopic (exact) mass is 194 g/mol. The number of rotatable bonds is 3. The Labute approximate surface area is 84.2 Å². The Kier molecular flexibility index (Phi) is 3.69. The normalized spacial score (nSPS) is 9.71. The maximum absolute atomic E-state index is 12.9. The van der Waals surface area contributed by atoms with Crippen LogP contribution in [0.5, 0.6) is 5.75 Å². The molecule has 0 aromatic heterocycles. The van der Waals surface area contributed by atoms with E-state index in [2.05, 4.69) is 0 Å². The smallest absolute Gasteiger partial charge is 0.126 e. The van der Waals surface area contributed by atoms with Crippen LogP contribution in [0.2, 0.25) is 0 Å². The lowest BCUT2D eigenvalue weighted by Gasteiger charge is -2.04. The summed E-state index contributed by atoms with van der Waals surface area (Å²) in [6.45, 7) is 6.29. The van der Waals surface area contributed by atoms with Crippen molar-refractivity contribution in [2.45, 2.75) is 20.8 Å². The zero-order valence-electron chi connectivity index (χ0n) is 8.80. The van der Waals surface area contributed by atoms with Gasteiger partial charge in [-0.3, -0.25) is 0 Å². The van der Waals surface area contributed by atoms with Crippen LogP contribution in [-0.2, 0) is 0 Å². The standard InChI is InChI=1S/C12H15FO/c1-9(2)6-7-14-11-4-5-12(13)10(3)8-11/h4-6,8H,7H2,1-3H3. The third-order valence-corrected chi connectivity index (χ3v) is 1.87. The minimum atomic E-state index is -0.195. The molecule has 2 heteroatoms. The number of benzene rings is 1. The molecule has 0 saturated heterocycles. The van der Waals surface area contributed by atoms with Crippen LogP contribution in [0.25, 0.3) is 0 Å². The highest BCUT2D eigenvalue weighted by molar-refractivity contribution is 5.28. The van der Waals surface area contributed by atoms with Gasteiger partial charge in [-0.05, 0) is 50.6 Å². The van der Waals surface area contributed by atoms with E-state index in [-0.39, 0.29) is 5.82 Å². The average Bonchev–Trinajstić information content (AvgIpc) is 2.10. The Morgan fingerprint density at radius 3 is 2.71 bits per heavy atom. The third kappa shape index (κ3) is 3.21. The summed E-state index contributed by atoms with van der Waals surface area (Å²) in [6, 6.07) is 4.77. The summed E-state index contributed by atoms with van der Waals surface area (Å²) >= 11 is 0. The van der Waals surface area contributed by atoms with E-state index in [1.54, 1.807) is 19.1 Å². The van der Waals surface area contributed by atoms with Crippen LogP contribution in [0, 0.1) is 12.7 Å². The fourth-order valence-electron chi connectivity index (χ4n) is 1.01. The molecule has 0 unspecified atom stereocenters. The highest BCUT2D eigenvalue weighted by Gasteiger charge is 1.98. The molecule has 0 heterocycles. The van der Waals surface area contributed by atoms with Crippen molar-refractivity contribution in [2.24, 2.45) is 0 Å². The van der Waals surface area contributed by atoms with Crippen molar-refractivity contribution in [1.82, 2.24) is 0 Å². The van der Waals surface area contributed by atoms with Crippen LogP contribution < -0.4 is 4.74 Å². The molecule has 1 aromatic carbocycles. The molecule has 1 aromatic rings. The maximum Gasteiger partial charge on any atom is 0.126 e. The van der Waals surface area contributed by atoms with Crippen molar-refractivity contribution in [2.75, 3.05) is 6.61 Å². The molecule has 76 valence electrons. The molecule has 0 aliphatic heterocycles. The lowest BCUT2D eigenvalue weighted by molar-refractivity contribution is 0.361. The molecular weight excluding hydrogens is 179 g/mol. The van der Waals surface area contributed by atoms with Gasteiger partial charge in [-0.15, -0.1) is 0 Å². The minimum absolute atomic E-state index is 0.195.